The molecule has 2 amide bonds. The van der Waals surface area contributed by atoms with E-state index in [0.29, 0.717) is 27.6 Å². The molecule has 0 saturated heterocycles. The Morgan fingerprint density at radius 1 is 1.33 bits per heavy atom. The number of nitrogens with zero attached hydrogens (tertiary/aromatic N) is 1. The first-order valence-corrected chi connectivity index (χ1v) is 8.57. The Kier molecular flexibility index (Phi) is 4.36. The molecule has 1 aliphatic rings. The Balaban J connectivity index is 1.90. The number of anilines is 1. The van der Waals surface area contributed by atoms with Crippen LogP contribution in [0.2, 0.25) is 0 Å². The minimum absolute atomic E-state index is 0.311. The van der Waals surface area contributed by atoms with Gasteiger partial charge >= 0.3 is 0 Å². The van der Waals surface area contributed by atoms with E-state index in [-0.39, 0.29) is 5.91 Å². The van der Waals surface area contributed by atoms with Crippen molar-refractivity contribution in [3.63, 3.8) is 0 Å². The Morgan fingerprint density at radius 3 is 2.67 bits per heavy atom. The third-order valence-corrected chi connectivity index (χ3v) is 5.46. The minimum atomic E-state index is -0.503. The van der Waals surface area contributed by atoms with Crippen LogP contribution in [0.3, 0.4) is 0 Å². The van der Waals surface area contributed by atoms with Gasteiger partial charge in [-0.25, -0.2) is 0 Å². The molecule has 0 bridgehead atoms. The second-order valence-electron chi connectivity index (χ2n) is 6.06. The zero-order chi connectivity index (χ0) is 17.3. The number of benzene rings is 1. The van der Waals surface area contributed by atoms with Gasteiger partial charge in [-0.1, -0.05) is 6.92 Å². The summed E-state index contributed by atoms with van der Waals surface area (Å²) in [5.41, 5.74) is 7.92. The molecule has 24 heavy (non-hydrogen) atoms. The average molecular weight is 339 g/mol. The van der Waals surface area contributed by atoms with Gasteiger partial charge in [-0.2, -0.15) is 5.26 Å². The predicted octanol–water partition coefficient (Wildman–Crippen LogP) is 3.10. The number of hydrogen-bond acceptors (Lipinski definition) is 4. The van der Waals surface area contributed by atoms with Gasteiger partial charge in [0.05, 0.1) is 17.2 Å². The summed E-state index contributed by atoms with van der Waals surface area (Å²) in [6.45, 7) is 2.15. The molecule has 1 heterocycles. The third kappa shape index (κ3) is 3.03. The molecular formula is C18H17N3O2S. The second-order valence-corrected chi connectivity index (χ2v) is 7.17. The SMILES string of the molecule is C[C@@H]1CCc2sc(NC(=O)c3ccc(C#N)cc3)c(C(N)=O)c2C1. The first-order valence-electron chi connectivity index (χ1n) is 7.75. The van der Waals surface area contributed by atoms with Gasteiger partial charge in [0.2, 0.25) is 0 Å². The maximum atomic E-state index is 12.4. The van der Waals surface area contributed by atoms with Crippen molar-refractivity contribution in [1.29, 1.82) is 5.26 Å². The van der Waals surface area contributed by atoms with Gasteiger partial charge in [0.25, 0.3) is 11.8 Å². The zero-order valence-corrected chi connectivity index (χ0v) is 14.1. The average Bonchev–Trinajstić information content (AvgIpc) is 2.92. The van der Waals surface area contributed by atoms with Crippen LogP contribution in [0.25, 0.3) is 0 Å². The molecule has 6 heteroatoms. The number of rotatable bonds is 3. The normalized spacial score (nSPS) is 16.1. The van der Waals surface area contributed by atoms with Crippen molar-refractivity contribution in [2.75, 3.05) is 5.32 Å². The molecule has 2 aromatic rings. The molecule has 3 N–H and O–H groups in total. The van der Waals surface area contributed by atoms with Crippen LogP contribution in [0.1, 0.15) is 50.1 Å². The van der Waals surface area contributed by atoms with Crippen LogP contribution in [-0.4, -0.2) is 11.8 Å². The first kappa shape index (κ1) is 16.2. The number of nitrogens with one attached hydrogen (secondary N) is 1. The molecule has 0 saturated carbocycles. The number of nitriles is 1. The van der Waals surface area contributed by atoms with Gasteiger partial charge in [-0.15, -0.1) is 11.3 Å². The highest BCUT2D eigenvalue weighted by Crippen LogP contribution is 2.39. The lowest BCUT2D eigenvalue weighted by Gasteiger charge is -2.18. The minimum Gasteiger partial charge on any atom is -0.365 e. The predicted molar refractivity (Wildman–Crippen MR) is 93.1 cm³/mol. The highest BCUT2D eigenvalue weighted by Gasteiger charge is 2.27. The summed E-state index contributed by atoms with van der Waals surface area (Å²) < 4.78 is 0. The lowest BCUT2D eigenvalue weighted by molar-refractivity contribution is 0.1000. The summed E-state index contributed by atoms with van der Waals surface area (Å²) in [6.07, 6.45) is 2.81. The number of amides is 2. The monoisotopic (exact) mass is 339 g/mol. The van der Waals surface area contributed by atoms with Gasteiger partial charge in [0.1, 0.15) is 5.00 Å². The fraction of sp³-hybridized carbons (Fsp3) is 0.278. The van der Waals surface area contributed by atoms with E-state index in [0.717, 1.165) is 29.7 Å². The molecule has 3 rings (SSSR count). The Hall–Kier alpha value is -2.65. The fourth-order valence-corrected chi connectivity index (χ4v) is 4.22. The molecule has 1 aromatic carbocycles. The van der Waals surface area contributed by atoms with E-state index < -0.39 is 5.91 Å². The number of aryl methyl sites for hydroxylation is 1. The summed E-state index contributed by atoms with van der Waals surface area (Å²) in [5.74, 6) is -0.308. The highest BCUT2D eigenvalue weighted by atomic mass is 32.1. The van der Waals surface area contributed by atoms with Crippen molar-refractivity contribution in [2.24, 2.45) is 11.7 Å². The molecule has 1 aromatic heterocycles. The number of carbonyl (C=O) groups excluding carboxylic acids is 2. The standard InChI is InChI=1S/C18H17N3O2S/c1-10-2-7-14-13(8-10)15(16(20)22)18(24-14)21-17(23)12-5-3-11(9-19)4-6-12/h3-6,10H,2,7-8H2,1H3,(H2,20,22)(H,21,23)/t10-/m1/s1. The van der Waals surface area contributed by atoms with Crippen molar-refractivity contribution < 1.29 is 9.59 Å². The quantitative estimate of drug-likeness (QED) is 0.899. The van der Waals surface area contributed by atoms with Crippen LogP contribution in [-0.2, 0) is 12.8 Å². The Labute approximate surface area is 144 Å². The Morgan fingerprint density at radius 2 is 2.04 bits per heavy atom. The molecule has 1 aliphatic carbocycles. The maximum absolute atomic E-state index is 12.4. The van der Waals surface area contributed by atoms with E-state index in [9.17, 15) is 9.59 Å². The van der Waals surface area contributed by atoms with E-state index in [4.69, 9.17) is 11.0 Å². The molecule has 0 radical (unpaired) electrons. The van der Waals surface area contributed by atoms with Gasteiger partial charge in [0, 0.05) is 10.4 Å². The van der Waals surface area contributed by atoms with Gasteiger partial charge < -0.3 is 11.1 Å². The van der Waals surface area contributed by atoms with E-state index >= 15 is 0 Å². The number of primary amides is 1. The highest BCUT2D eigenvalue weighted by molar-refractivity contribution is 7.17. The lowest BCUT2D eigenvalue weighted by atomic mass is 9.87. The Bertz CT molecular complexity index is 846. The largest absolute Gasteiger partial charge is 0.365 e. The summed E-state index contributed by atoms with van der Waals surface area (Å²) in [4.78, 5) is 25.5. The third-order valence-electron chi connectivity index (χ3n) is 4.26. The number of hydrogen-bond donors (Lipinski definition) is 2. The summed E-state index contributed by atoms with van der Waals surface area (Å²) in [7, 11) is 0. The fourth-order valence-electron chi connectivity index (χ4n) is 2.98. The molecule has 0 spiro atoms. The van der Waals surface area contributed by atoms with Gasteiger partial charge in [-0.3, -0.25) is 9.59 Å². The molecule has 5 nitrogen and oxygen atoms in total. The van der Waals surface area contributed by atoms with E-state index in [1.807, 2.05) is 6.07 Å². The molecule has 1 atom stereocenters. The summed E-state index contributed by atoms with van der Waals surface area (Å²) in [6, 6.07) is 8.37. The molecule has 0 fully saturated rings. The van der Waals surface area contributed by atoms with E-state index in [2.05, 4.69) is 12.2 Å². The number of carbonyl (C=O) groups is 2. The van der Waals surface area contributed by atoms with Gasteiger partial charge in [0.15, 0.2) is 0 Å². The van der Waals surface area contributed by atoms with Crippen molar-refractivity contribution in [2.45, 2.75) is 26.2 Å². The van der Waals surface area contributed by atoms with E-state index in [1.165, 1.54) is 11.3 Å². The molecule has 0 aliphatic heterocycles. The smallest absolute Gasteiger partial charge is 0.256 e. The maximum Gasteiger partial charge on any atom is 0.256 e. The van der Waals surface area contributed by atoms with Crippen molar-refractivity contribution in [3.8, 4) is 6.07 Å². The van der Waals surface area contributed by atoms with Crippen LogP contribution in [0, 0.1) is 17.2 Å². The van der Waals surface area contributed by atoms with E-state index in [1.54, 1.807) is 24.3 Å². The summed E-state index contributed by atoms with van der Waals surface area (Å²) >= 11 is 1.44. The first-order chi connectivity index (χ1) is 11.5. The molecule has 122 valence electrons. The van der Waals surface area contributed by atoms with Crippen molar-refractivity contribution in [1.82, 2.24) is 0 Å². The van der Waals surface area contributed by atoms with Crippen molar-refractivity contribution >= 4 is 28.2 Å². The second kappa shape index (κ2) is 6.46. The number of nitrogens with two attached hydrogens (primary N) is 1. The lowest BCUT2D eigenvalue weighted by Crippen LogP contribution is -2.19. The molecule has 0 unspecified atom stereocenters. The van der Waals surface area contributed by atoms with Crippen LogP contribution >= 0.6 is 11.3 Å². The molecular weight excluding hydrogens is 322 g/mol. The zero-order valence-electron chi connectivity index (χ0n) is 13.3. The van der Waals surface area contributed by atoms with Crippen LogP contribution in [0.5, 0.6) is 0 Å². The topological polar surface area (TPSA) is 96.0 Å². The van der Waals surface area contributed by atoms with Crippen molar-refractivity contribution in [3.05, 3.63) is 51.4 Å². The number of fused-ring (bicyclic) bond motifs is 1. The van der Waals surface area contributed by atoms with Crippen LogP contribution in [0.15, 0.2) is 24.3 Å². The van der Waals surface area contributed by atoms with Crippen LogP contribution < -0.4 is 11.1 Å². The van der Waals surface area contributed by atoms with Gasteiger partial charge in [-0.05, 0) is 55.0 Å². The number of thiophene rings is 1. The van der Waals surface area contributed by atoms with Crippen LogP contribution in [0.4, 0.5) is 5.00 Å². The summed E-state index contributed by atoms with van der Waals surface area (Å²) in [5, 5.41) is 12.2.